The largest absolute Gasteiger partial charge is 0.278 e. The lowest BCUT2D eigenvalue weighted by molar-refractivity contribution is 0.160. The van der Waals surface area contributed by atoms with Crippen LogP contribution >= 0.6 is 11.9 Å². The van der Waals surface area contributed by atoms with E-state index in [9.17, 15) is 0 Å². The van der Waals surface area contributed by atoms with Crippen LogP contribution < -0.4 is 0 Å². The van der Waals surface area contributed by atoms with Crippen molar-refractivity contribution in [1.29, 1.82) is 5.26 Å². The Morgan fingerprint density at radius 1 is 1.69 bits per heavy atom. The minimum atomic E-state index is -0.0198. The summed E-state index contributed by atoms with van der Waals surface area (Å²) in [5.41, 5.74) is 0. The van der Waals surface area contributed by atoms with Crippen LogP contribution in [0.3, 0.4) is 0 Å². The lowest BCUT2D eigenvalue weighted by Crippen LogP contribution is -2.33. The third-order valence-corrected chi connectivity index (χ3v) is 2.94. The summed E-state index contributed by atoms with van der Waals surface area (Å²) >= 11 is 1.62. The third kappa shape index (κ3) is 1.32. The Labute approximate surface area is 81.6 Å². The number of nitrogens with zero attached hydrogens (tertiary/aromatic N) is 4. The second kappa shape index (κ2) is 3.40. The molecule has 0 spiro atoms. The van der Waals surface area contributed by atoms with E-state index in [4.69, 9.17) is 5.26 Å². The molecule has 0 radical (unpaired) electrons. The molecular formula is C8H10N4S. The van der Waals surface area contributed by atoms with E-state index in [0.29, 0.717) is 0 Å². The molecule has 2 aliphatic heterocycles. The SMILES string of the molecule is CSN1CC(C#N)C2N=CC=CN21. The monoisotopic (exact) mass is 194 g/mol. The summed E-state index contributed by atoms with van der Waals surface area (Å²) < 4.78 is 2.06. The van der Waals surface area contributed by atoms with E-state index in [0.717, 1.165) is 6.54 Å². The van der Waals surface area contributed by atoms with Gasteiger partial charge in [0.1, 0.15) is 5.92 Å². The summed E-state index contributed by atoms with van der Waals surface area (Å²) in [5, 5.41) is 10.9. The summed E-state index contributed by atoms with van der Waals surface area (Å²) in [6, 6.07) is 2.28. The van der Waals surface area contributed by atoms with E-state index in [1.165, 1.54) is 0 Å². The first-order valence-electron chi connectivity index (χ1n) is 4.06. The Morgan fingerprint density at radius 3 is 3.23 bits per heavy atom. The van der Waals surface area contributed by atoms with Gasteiger partial charge in [-0.1, -0.05) is 11.9 Å². The minimum Gasteiger partial charge on any atom is -0.278 e. The maximum absolute atomic E-state index is 8.91. The number of hydrogen-bond donors (Lipinski definition) is 0. The Hall–Kier alpha value is -0.990. The lowest BCUT2D eigenvalue weighted by Gasteiger charge is -2.28. The van der Waals surface area contributed by atoms with Gasteiger partial charge >= 0.3 is 0 Å². The Kier molecular flexibility index (Phi) is 2.25. The zero-order chi connectivity index (χ0) is 9.26. The van der Waals surface area contributed by atoms with Crippen molar-refractivity contribution in [3.05, 3.63) is 12.3 Å². The van der Waals surface area contributed by atoms with Gasteiger partial charge in [-0.15, -0.1) is 0 Å². The number of hydrogen-bond acceptors (Lipinski definition) is 5. The molecule has 2 heterocycles. The van der Waals surface area contributed by atoms with E-state index in [2.05, 4.69) is 15.5 Å². The molecule has 0 N–H and O–H groups in total. The van der Waals surface area contributed by atoms with E-state index in [1.807, 2.05) is 23.5 Å². The topological polar surface area (TPSA) is 42.6 Å². The Bertz CT molecular complexity index is 293. The number of allylic oxidation sites excluding steroid dienone is 1. The molecule has 2 unspecified atom stereocenters. The summed E-state index contributed by atoms with van der Waals surface area (Å²) in [5.74, 6) is -0.0198. The second-order valence-electron chi connectivity index (χ2n) is 2.89. The Balaban J connectivity index is 2.22. The highest BCUT2D eigenvalue weighted by atomic mass is 32.2. The predicted octanol–water partition coefficient (Wildman–Crippen LogP) is 0.861. The fraction of sp³-hybridized carbons (Fsp3) is 0.500. The van der Waals surface area contributed by atoms with Crippen molar-refractivity contribution in [3.8, 4) is 6.07 Å². The van der Waals surface area contributed by atoms with E-state index in [1.54, 1.807) is 18.2 Å². The summed E-state index contributed by atoms with van der Waals surface area (Å²) in [6.07, 6.45) is 7.60. The van der Waals surface area contributed by atoms with Gasteiger partial charge in [-0.2, -0.15) is 9.68 Å². The molecule has 2 atom stereocenters. The predicted molar refractivity (Wildman–Crippen MR) is 52.6 cm³/mol. The molecule has 1 fully saturated rings. The van der Waals surface area contributed by atoms with Crippen LogP contribution in [0.4, 0.5) is 0 Å². The fourth-order valence-corrected chi connectivity index (χ4v) is 2.20. The van der Waals surface area contributed by atoms with Crippen molar-refractivity contribution in [1.82, 2.24) is 9.42 Å². The van der Waals surface area contributed by atoms with Crippen molar-refractivity contribution in [3.63, 3.8) is 0 Å². The van der Waals surface area contributed by atoms with Gasteiger partial charge in [-0.05, 0) is 12.3 Å². The maximum atomic E-state index is 8.91. The first kappa shape index (κ1) is 8.60. The molecule has 4 nitrogen and oxygen atoms in total. The number of rotatable bonds is 1. The number of nitriles is 1. The summed E-state index contributed by atoms with van der Waals surface area (Å²) in [7, 11) is 0. The zero-order valence-corrected chi connectivity index (χ0v) is 8.11. The fourth-order valence-electron chi connectivity index (χ4n) is 1.55. The normalized spacial score (nSPS) is 31.8. The van der Waals surface area contributed by atoms with Gasteiger partial charge in [0.15, 0.2) is 6.17 Å². The summed E-state index contributed by atoms with van der Waals surface area (Å²) in [6.45, 7) is 0.754. The molecule has 2 aliphatic rings. The van der Waals surface area contributed by atoms with Crippen LogP contribution in [0.2, 0.25) is 0 Å². The molecule has 5 heteroatoms. The molecule has 2 rings (SSSR count). The Morgan fingerprint density at radius 2 is 2.54 bits per heavy atom. The van der Waals surface area contributed by atoms with Crippen molar-refractivity contribution in [2.75, 3.05) is 12.8 Å². The van der Waals surface area contributed by atoms with E-state index >= 15 is 0 Å². The molecule has 1 saturated heterocycles. The maximum Gasteiger partial charge on any atom is 0.152 e. The van der Waals surface area contributed by atoms with Gasteiger partial charge in [-0.3, -0.25) is 10.0 Å². The van der Waals surface area contributed by atoms with Gasteiger partial charge in [0, 0.05) is 19.0 Å². The third-order valence-electron chi connectivity index (χ3n) is 2.18. The number of hydrazine groups is 1. The molecule has 0 aliphatic carbocycles. The first-order valence-corrected chi connectivity index (χ1v) is 5.24. The van der Waals surface area contributed by atoms with Crippen LogP contribution in [0.1, 0.15) is 0 Å². The standard InChI is InChI=1S/C8H10N4S/c1-13-12-6-7(5-9)8-10-3-2-4-11(8)12/h2-4,7-8H,6H2,1H3. The molecule has 13 heavy (non-hydrogen) atoms. The number of fused-ring (bicyclic) bond motifs is 1. The van der Waals surface area contributed by atoms with Crippen LogP contribution in [0.15, 0.2) is 17.3 Å². The van der Waals surface area contributed by atoms with Crippen molar-refractivity contribution in [2.45, 2.75) is 6.17 Å². The molecule has 0 saturated carbocycles. The first-order chi connectivity index (χ1) is 6.36. The van der Waals surface area contributed by atoms with Gasteiger partial charge in [0.25, 0.3) is 0 Å². The van der Waals surface area contributed by atoms with Crippen molar-refractivity contribution >= 4 is 18.2 Å². The highest BCUT2D eigenvalue weighted by Crippen LogP contribution is 2.30. The average molecular weight is 194 g/mol. The van der Waals surface area contributed by atoms with E-state index < -0.39 is 0 Å². The highest BCUT2D eigenvalue weighted by Gasteiger charge is 2.38. The molecule has 0 bridgehead atoms. The van der Waals surface area contributed by atoms with E-state index in [-0.39, 0.29) is 12.1 Å². The van der Waals surface area contributed by atoms with Crippen LogP contribution in [0, 0.1) is 17.2 Å². The molecule has 0 aromatic rings. The molecule has 0 amide bonds. The smallest absolute Gasteiger partial charge is 0.152 e. The summed E-state index contributed by atoms with van der Waals surface area (Å²) in [4.78, 5) is 4.28. The number of aliphatic imine (C=N–C) groups is 1. The highest BCUT2D eigenvalue weighted by molar-refractivity contribution is 7.96. The van der Waals surface area contributed by atoms with Gasteiger partial charge in [-0.25, -0.2) is 0 Å². The van der Waals surface area contributed by atoms with Crippen molar-refractivity contribution < 1.29 is 0 Å². The lowest BCUT2D eigenvalue weighted by atomic mass is 10.1. The van der Waals surface area contributed by atoms with Crippen LogP contribution in [-0.4, -0.2) is 34.6 Å². The average Bonchev–Trinajstić information content (AvgIpc) is 2.56. The van der Waals surface area contributed by atoms with Gasteiger partial charge in [0.2, 0.25) is 0 Å². The van der Waals surface area contributed by atoms with Crippen molar-refractivity contribution in [2.24, 2.45) is 10.9 Å². The second-order valence-corrected chi connectivity index (χ2v) is 3.67. The van der Waals surface area contributed by atoms with Gasteiger partial charge < -0.3 is 0 Å². The molecule has 0 aromatic heterocycles. The van der Waals surface area contributed by atoms with Crippen LogP contribution in [-0.2, 0) is 0 Å². The van der Waals surface area contributed by atoms with Crippen LogP contribution in [0.5, 0.6) is 0 Å². The quantitative estimate of drug-likeness (QED) is 0.581. The van der Waals surface area contributed by atoms with Gasteiger partial charge in [0.05, 0.1) is 6.07 Å². The van der Waals surface area contributed by atoms with Crippen LogP contribution in [0.25, 0.3) is 0 Å². The molecule has 68 valence electrons. The molecule has 0 aromatic carbocycles. The zero-order valence-electron chi connectivity index (χ0n) is 7.29. The molecular weight excluding hydrogens is 184 g/mol. The minimum absolute atomic E-state index is 0.0116.